The zero-order valence-electron chi connectivity index (χ0n) is 14.0. The van der Waals surface area contributed by atoms with Crippen LogP contribution in [0, 0.1) is 0 Å². The number of carbonyl (C=O) groups excluding carboxylic acids is 2. The van der Waals surface area contributed by atoms with E-state index in [1.54, 1.807) is 6.07 Å². The number of carbonyl (C=O) groups is 2. The summed E-state index contributed by atoms with van der Waals surface area (Å²) in [5.41, 5.74) is 5.99. The molecule has 1 saturated heterocycles. The zero-order valence-corrected chi connectivity index (χ0v) is 14.0. The van der Waals surface area contributed by atoms with Crippen molar-refractivity contribution in [1.29, 1.82) is 0 Å². The highest BCUT2D eigenvalue weighted by atomic mass is 16.3. The van der Waals surface area contributed by atoms with Crippen LogP contribution in [0.2, 0.25) is 0 Å². The van der Waals surface area contributed by atoms with Crippen LogP contribution in [0.15, 0.2) is 53.1 Å². The lowest BCUT2D eigenvalue weighted by Crippen LogP contribution is -2.48. The maximum absolute atomic E-state index is 11.9. The monoisotopic (exact) mass is 342 g/mol. The summed E-state index contributed by atoms with van der Waals surface area (Å²) in [5, 5.41) is 0. The number of benzene rings is 1. The molecule has 132 valence electrons. The normalized spacial score (nSPS) is 15.0. The van der Waals surface area contributed by atoms with E-state index in [0.29, 0.717) is 13.0 Å². The van der Waals surface area contributed by atoms with Gasteiger partial charge in [0.25, 0.3) is 0 Å². The molecule has 1 aliphatic heterocycles. The van der Waals surface area contributed by atoms with Crippen LogP contribution in [-0.4, -0.2) is 49.4 Å². The molecule has 1 fully saturated rings. The zero-order chi connectivity index (χ0) is 17.5. The van der Waals surface area contributed by atoms with Crippen LogP contribution >= 0.6 is 0 Å². The second-order valence-corrected chi connectivity index (χ2v) is 5.89. The highest BCUT2D eigenvalue weighted by molar-refractivity contribution is 5.92. The average molecular weight is 342 g/mol. The van der Waals surface area contributed by atoms with Gasteiger partial charge in [-0.15, -0.1) is 0 Å². The van der Waals surface area contributed by atoms with Crippen molar-refractivity contribution in [2.45, 2.75) is 6.42 Å². The molecular weight excluding hydrogens is 320 g/mol. The summed E-state index contributed by atoms with van der Waals surface area (Å²) in [4.78, 5) is 28.1. The van der Waals surface area contributed by atoms with E-state index in [-0.39, 0.29) is 11.7 Å². The van der Waals surface area contributed by atoms with Gasteiger partial charge in [-0.05, 0) is 24.3 Å². The lowest BCUT2D eigenvalue weighted by molar-refractivity contribution is -0.122. The molecule has 2 aromatic rings. The fraction of sp³-hybridized carbons (Fsp3) is 0.333. The molecule has 0 unspecified atom stereocenters. The largest absolute Gasteiger partial charge is 0.459 e. The number of hydrogen-bond acceptors (Lipinski definition) is 5. The third-order valence-corrected chi connectivity index (χ3v) is 4.21. The van der Waals surface area contributed by atoms with E-state index in [2.05, 4.69) is 32.8 Å². The van der Waals surface area contributed by atoms with Gasteiger partial charge in [-0.1, -0.05) is 18.2 Å². The van der Waals surface area contributed by atoms with Crippen LogP contribution in [0.25, 0.3) is 0 Å². The third-order valence-electron chi connectivity index (χ3n) is 4.21. The smallest absolute Gasteiger partial charge is 0.305 e. The Morgan fingerprint density at radius 3 is 2.40 bits per heavy atom. The highest BCUT2D eigenvalue weighted by Crippen LogP contribution is 2.15. The van der Waals surface area contributed by atoms with Crippen LogP contribution in [0.4, 0.5) is 5.69 Å². The van der Waals surface area contributed by atoms with Crippen molar-refractivity contribution in [3.05, 3.63) is 54.5 Å². The van der Waals surface area contributed by atoms with Gasteiger partial charge in [-0.2, -0.15) is 0 Å². The van der Waals surface area contributed by atoms with Gasteiger partial charge < -0.3 is 9.32 Å². The van der Waals surface area contributed by atoms with Gasteiger partial charge in [-0.25, -0.2) is 0 Å². The van der Waals surface area contributed by atoms with Crippen molar-refractivity contribution in [3.8, 4) is 0 Å². The van der Waals surface area contributed by atoms with Crippen molar-refractivity contribution in [2.24, 2.45) is 0 Å². The number of hydrazine groups is 1. The summed E-state index contributed by atoms with van der Waals surface area (Å²) >= 11 is 0. The summed E-state index contributed by atoms with van der Waals surface area (Å²) in [6.45, 7) is 4.40. The standard InChI is InChI=1S/C18H22N4O3/c23-17(19-20-18(24)16-7-4-14-25-16)8-9-21-10-12-22(13-11-21)15-5-2-1-3-6-15/h1-7,14H,8-13H2,(H,19,23)(H,20,24). The van der Waals surface area contributed by atoms with E-state index in [1.165, 1.54) is 18.0 Å². The highest BCUT2D eigenvalue weighted by Gasteiger charge is 2.18. The molecule has 2 N–H and O–H groups in total. The topological polar surface area (TPSA) is 77.8 Å². The summed E-state index contributed by atoms with van der Waals surface area (Å²) in [6.07, 6.45) is 1.75. The molecule has 25 heavy (non-hydrogen) atoms. The van der Waals surface area contributed by atoms with Gasteiger partial charge in [0.2, 0.25) is 5.91 Å². The van der Waals surface area contributed by atoms with Crippen molar-refractivity contribution in [2.75, 3.05) is 37.6 Å². The summed E-state index contributed by atoms with van der Waals surface area (Å²) in [6, 6.07) is 13.5. The number of amides is 2. The molecule has 0 bridgehead atoms. The van der Waals surface area contributed by atoms with E-state index in [9.17, 15) is 9.59 Å². The summed E-state index contributed by atoms with van der Waals surface area (Å²) in [7, 11) is 0. The summed E-state index contributed by atoms with van der Waals surface area (Å²) < 4.78 is 4.95. The van der Waals surface area contributed by atoms with E-state index in [0.717, 1.165) is 26.2 Å². The van der Waals surface area contributed by atoms with Crippen molar-refractivity contribution in [3.63, 3.8) is 0 Å². The second-order valence-electron chi connectivity index (χ2n) is 5.89. The van der Waals surface area contributed by atoms with Gasteiger partial charge in [0, 0.05) is 44.8 Å². The summed E-state index contributed by atoms with van der Waals surface area (Å²) in [5.74, 6) is -0.516. The molecular formula is C18H22N4O3. The molecule has 0 radical (unpaired) electrons. The maximum atomic E-state index is 11.9. The number of rotatable bonds is 5. The first-order chi connectivity index (χ1) is 12.2. The first-order valence-electron chi connectivity index (χ1n) is 8.37. The molecule has 2 heterocycles. The first kappa shape index (κ1) is 17.0. The van der Waals surface area contributed by atoms with E-state index in [1.807, 2.05) is 18.2 Å². The maximum Gasteiger partial charge on any atom is 0.305 e. The quantitative estimate of drug-likeness (QED) is 0.800. The van der Waals surface area contributed by atoms with Gasteiger partial charge in [-0.3, -0.25) is 25.3 Å². The minimum Gasteiger partial charge on any atom is -0.459 e. The fourth-order valence-corrected chi connectivity index (χ4v) is 2.79. The van der Waals surface area contributed by atoms with Crippen molar-refractivity contribution >= 4 is 17.5 Å². The second kappa shape index (κ2) is 8.34. The Hall–Kier alpha value is -2.80. The Morgan fingerprint density at radius 1 is 0.960 bits per heavy atom. The molecule has 3 rings (SSSR count). The Morgan fingerprint density at radius 2 is 1.72 bits per heavy atom. The Bertz CT molecular complexity index is 680. The van der Waals surface area contributed by atoms with Crippen LogP contribution in [0.1, 0.15) is 17.0 Å². The number of anilines is 1. The molecule has 2 amide bonds. The van der Waals surface area contributed by atoms with Crippen LogP contribution in [0.3, 0.4) is 0 Å². The third kappa shape index (κ3) is 4.84. The minimum atomic E-state index is -0.463. The van der Waals surface area contributed by atoms with Gasteiger partial charge in [0.05, 0.1) is 6.26 Å². The van der Waals surface area contributed by atoms with Crippen LogP contribution in [-0.2, 0) is 4.79 Å². The molecule has 0 aliphatic carbocycles. The molecule has 1 aromatic carbocycles. The fourth-order valence-electron chi connectivity index (χ4n) is 2.79. The average Bonchev–Trinajstić information content (AvgIpc) is 3.20. The Balaban J connectivity index is 1.34. The molecule has 1 aliphatic rings. The van der Waals surface area contributed by atoms with Gasteiger partial charge >= 0.3 is 5.91 Å². The molecule has 0 spiro atoms. The van der Waals surface area contributed by atoms with Gasteiger partial charge in [0.1, 0.15) is 0 Å². The van der Waals surface area contributed by atoms with Crippen LogP contribution < -0.4 is 15.8 Å². The lowest BCUT2D eigenvalue weighted by Gasteiger charge is -2.36. The molecule has 7 nitrogen and oxygen atoms in total. The van der Waals surface area contributed by atoms with E-state index < -0.39 is 5.91 Å². The number of furan rings is 1. The van der Waals surface area contributed by atoms with Crippen molar-refractivity contribution < 1.29 is 14.0 Å². The molecule has 1 aromatic heterocycles. The molecule has 0 saturated carbocycles. The predicted octanol–water partition coefficient (Wildman–Crippen LogP) is 1.25. The van der Waals surface area contributed by atoms with E-state index >= 15 is 0 Å². The van der Waals surface area contributed by atoms with E-state index in [4.69, 9.17) is 4.42 Å². The SMILES string of the molecule is O=C(CCN1CCN(c2ccccc2)CC1)NNC(=O)c1ccco1. The van der Waals surface area contributed by atoms with Crippen LogP contribution in [0.5, 0.6) is 0 Å². The Kier molecular flexibility index (Phi) is 5.69. The number of nitrogens with zero attached hydrogens (tertiary/aromatic N) is 2. The predicted molar refractivity (Wildman–Crippen MR) is 94.0 cm³/mol. The number of piperazine rings is 1. The lowest BCUT2D eigenvalue weighted by atomic mass is 10.2. The first-order valence-corrected chi connectivity index (χ1v) is 8.37. The number of nitrogens with one attached hydrogen (secondary N) is 2. The number of para-hydroxylation sites is 1. The minimum absolute atomic E-state index is 0.164. The Labute approximate surface area is 146 Å². The molecule has 0 atom stereocenters. The molecule has 7 heteroatoms. The van der Waals surface area contributed by atoms with Gasteiger partial charge in [0.15, 0.2) is 5.76 Å². The van der Waals surface area contributed by atoms with Crippen molar-refractivity contribution in [1.82, 2.24) is 15.8 Å². The number of hydrogen-bond donors (Lipinski definition) is 2.